The smallest absolute Gasteiger partial charge is 0.193 e. The Labute approximate surface area is 135 Å². The highest BCUT2D eigenvalue weighted by molar-refractivity contribution is 9.10. The first-order valence-corrected chi connectivity index (χ1v) is 7.93. The predicted octanol–water partition coefficient (Wildman–Crippen LogP) is 3.31. The molecule has 0 bridgehead atoms. The van der Waals surface area contributed by atoms with Crippen LogP contribution in [0.5, 0.6) is 0 Å². The molecule has 0 fully saturated rings. The lowest BCUT2D eigenvalue weighted by Gasteiger charge is -2.36. The predicted molar refractivity (Wildman–Crippen MR) is 90.2 cm³/mol. The van der Waals surface area contributed by atoms with E-state index in [1.807, 2.05) is 11.9 Å². The lowest BCUT2D eigenvalue weighted by Crippen LogP contribution is -2.36. The maximum atomic E-state index is 6.10. The van der Waals surface area contributed by atoms with Gasteiger partial charge in [0.2, 0.25) is 0 Å². The van der Waals surface area contributed by atoms with Gasteiger partial charge in [0, 0.05) is 18.6 Å². The van der Waals surface area contributed by atoms with E-state index in [0.29, 0.717) is 12.7 Å². The molecule has 4 nitrogen and oxygen atoms in total. The van der Waals surface area contributed by atoms with Crippen LogP contribution < -0.4 is 5.73 Å². The van der Waals surface area contributed by atoms with E-state index in [1.54, 1.807) is 7.11 Å². The molecule has 116 valence electrons. The number of aliphatic imine (C=N–C) groups is 1. The van der Waals surface area contributed by atoms with Gasteiger partial charge in [0.25, 0.3) is 0 Å². The number of hydrogen-bond donors (Lipinski definition) is 1. The Hall–Kier alpha value is -1.07. The molecule has 2 rings (SSSR count). The normalized spacial score (nSPS) is 21.0. The number of rotatable bonds is 3. The van der Waals surface area contributed by atoms with Crippen molar-refractivity contribution >= 4 is 21.9 Å². The molecule has 1 atom stereocenters. The van der Waals surface area contributed by atoms with Crippen molar-refractivity contribution in [3.63, 3.8) is 0 Å². The van der Waals surface area contributed by atoms with Crippen molar-refractivity contribution < 1.29 is 4.74 Å². The van der Waals surface area contributed by atoms with Crippen molar-refractivity contribution in [2.24, 2.45) is 16.1 Å². The van der Waals surface area contributed by atoms with E-state index >= 15 is 0 Å². The lowest BCUT2D eigenvalue weighted by molar-refractivity contribution is 0.123. The molecule has 2 N–H and O–H groups in total. The van der Waals surface area contributed by atoms with Gasteiger partial charge in [-0.15, -0.1) is 0 Å². The first-order valence-electron chi connectivity index (χ1n) is 7.14. The zero-order valence-corrected chi connectivity index (χ0v) is 14.8. The molecule has 1 aromatic rings. The Kier molecular flexibility index (Phi) is 4.94. The summed E-state index contributed by atoms with van der Waals surface area (Å²) in [6.07, 6.45) is 2.08. The molecule has 0 amide bonds. The first-order chi connectivity index (χ1) is 9.82. The van der Waals surface area contributed by atoms with Crippen LogP contribution in [-0.4, -0.2) is 31.7 Å². The third-order valence-electron chi connectivity index (χ3n) is 3.88. The average molecular weight is 354 g/mol. The largest absolute Gasteiger partial charge is 0.370 e. The van der Waals surface area contributed by atoms with Gasteiger partial charge in [-0.1, -0.05) is 35.8 Å². The molecule has 1 aromatic carbocycles. The summed E-state index contributed by atoms with van der Waals surface area (Å²) in [5, 5.41) is 0. The summed E-state index contributed by atoms with van der Waals surface area (Å²) in [6.45, 7) is 5.02. The lowest BCUT2D eigenvalue weighted by atomic mass is 9.72. The van der Waals surface area contributed by atoms with Gasteiger partial charge in [-0.25, -0.2) is 4.99 Å². The van der Waals surface area contributed by atoms with Crippen molar-refractivity contribution in [1.29, 1.82) is 0 Å². The van der Waals surface area contributed by atoms with Crippen molar-refractivity contribution in [2.45, 2.75) is 32.7 Å². The molecule has 0 heterocycles. The van der Waals surface area contributed by atoms with E-state index < -0.39 is 0 Å². The molecular weight excluding hydrogens is 330 g/mol. The van der Waals surface area contributed by atoms with Gasteiger partial charge >= 0.3 is 0 Å². The van der Waals surface area contributed by atoms with Gasteiger partial charge in [0.1, 0.15) is 6.73 Å². The van der Waals surface area contributed by atoms with Crippen LogP contribution in [0.15, 0.2) is 27.7 Å². The van der Waals surface area contributed by atoms with Crippen molar-refractivity contribution in [2.75, 3.05) is 20.9 Å². The van der Waals surface area contributed by atoms with Gasteiger partial charge in [0.15, 0.2) is 5.96 Å². The molecule has 0 spiro atoms. The van der Waals surface area contributed by atoms with Crippen LogP contribution in [0.1, 0.15) is 37.4 Å². The fourth-order valence-electron chi connectivity index (χ4n) is 2.89. The van der Waals surface area contributed by atoms with Gasteiger partial charge < -0.3 is 15.4 Å². The standard InChI is InChI=1S/C16H24BrN3O/c1-16(2)8-11-5-6-12(17)7-13(11)14(9-16)19-15(18)20(3)10-21-4/h5-7,14H,8-10H2,1-4H3,(H2,18,19). The van der Waals surface area contributed by atoms with Gasteiger partial charge in [-0.3, -0.25) is 0 Å². The van der Waals surface area contributed by atoms with E-state index in [-0.39, 0.29) is 11.5 Å². The monoisotopic (exact) mass is 353 g/mol. The molecule has 1 aliphatic carbocycles. The van der Waals surface area contributed by atoms with E-state index in [2.05, 4.69) is 48.0 Å². The fraction of sp³-hybridized carbons (Fsp3) is 0.562. The molecule has 0 aromatic heterocycles. The second kappa shape index (κ2) is 6.36. The molecule has 5 heteroatoms. The SMILES string of the molecule is COCN(C)/C(N)=N\C1CC(C)(C)Cc2ccc(Br)cc21. The number of methoxy groups -OCH3 is 1. The summed E-state index contributed by atoms with van der Waals surface area (Å²) in [5.41, 5.74) is 8.97. The summed E-state index contributed by atoms with van der Waals surface area (Å²) in [5.74, 6) is 0.519. The molecular formula is C16H24BrN3O. The van der Waals surface area contributed by atoms with Crippen LogP contribution in [0.25, 0.3) is 0 Å². The Morgan fingerprint density at radius 1 is 1.52 bits per heavy atom. The van der Waals surface area contributed by atoms with E-state index in [4.69, 9.17) is 15.5 Å². The summed E-state index contributed by atoms with van der Waals surface area (Å²) in [6, 6.07) is 6.56. The van der Waals surface area contributed by atoms with Crippen molar-refractivity contribution in [3.05, 3.63) is 33.8 Å². The summed E-state index contributed by atoms with van der Waals surface area (Å²) in [4.78, 5) is 6.57. The second-order valence-electron chi connectivity index (χ2n) is 6.51. The van der Waals surface area contributed by atoms with E-state index in [9.17, 15) is 0 Å². The molecule has 0 saturated carbocycles. The third kappa shape index (κ3) is 3.98. The summed E-state index contributed by atoms with van der Waals surface area (Å²) >= 11 is 3.56. The Bertz CT molecular complexity index is 542. The van der Waals surface area contributed by atoms with Crippen LogP contribution in [0.3, 0.4) is 0 Å². The Balaban J connectivity index is 2.35. The van der Waals surface area contributed by atoms with Crippen LogP contribution in [0.2, 0.25) is 0 Å². The van der Waals surface area contributed by atoms with Crippen LogP contribution in [-0.2, 0) is 11.2 Å². The van der Waals surface area contributed by atoms with Gasteiger partial charge in [-0.2, -0.15) is 0 Å². The number of benzene rings is 1. The number of halogens is 1. The number of nitrogens with zero attached hydrogens (tertiary/aromatic N) is 2. The van der Waals surface area contributed by atoms with Gasteiger partial charge in [0.05, 0.1) is 6.04 Å². The highest BCUT2D eigenvalue weighted by atomic mass is 79.9. The average Bonchev–Trinajstić information content (AvgIpc) is 2.39. The summed E-state index contributed by atoms with van der Waals surface area (Å²) in [7, 11) is 3.54. The number of hydrogen-bond acceptors (Lipinski definition) is 2. The topological polar surface area (TPSA) is 50.9 Å². The minimum Gasteiger partial charge on any atom is -0.370 e. The number of ether oxygens (including phenoxy) is 1. The van der Waals surface area contributed by atoms with Crippen LogP contribution >= 0.6 is 15.9 Å². The van der Waals surface area contributed by atoms with Crippen molar-refractivity contribution in [1.82, 2.24) is 4.90 Å². The number of guanidine groups is 1. The second-order valence-corrected chi connectivity index (χ2v) is 7.42. The number of fused-ring (bicyclic) bond motifs is 1. The molecule has 1 unspecified atom stereocenters. The number of nitrogens with two attached hydrogens (primary N) is 1. The zero-order chi connectivity index (χ0) is 15.6. The minimum atomic E-state index is 0.0977. The zero-order valence-electron chi connectivity index (χ0n) is 13.2. The molecule has 0 aliphatic heterocycles. The first kappa shape index (κ1) is 16.3. The maximum absolute atomic E-state index is 6.10. The highest BCUT2D eigenvalue weighted by Gasteiger charge is 2.32. The quantitative estimate of drug-likeness (QED) is 0.515. The Morgan fingerprint density at radius 2 is 2.24 bits per heavy atom. The molecule has 1 aliphatic rings. The maximum Gasteiger partial charge on any atom is 0.193 e. The van der Waals surface area contributed by atoms with Crippen LogP contribution in [0, 0.1) is 5.41 Å². The molecule has 0 saturated heterocycles. The minimum absolute atomic E-state index is 0.0977. The van der Waals surface area contributed by atoms with E-state index in [0.717, 1.165) is 17.3 Å². The molecule has 21 heavy (non-hydrogen) atoms. The molecule has 0 radical (unpaired) electrons. The van der Waals surface area contributed by atoms with Crippen LogP contribution in [0.4, 0.5) is 0 Å². The summed E-state index contributed by atoms with van der Waals surface area (Å²) < 4.78 is 6.19. The Morgan fingerprint density at radius 3 is 2.90 bits per heavy atom. The fourth-order valence-corrected chi connectivity index (χ4v) is 3.27. The van der Waals surface area contributed by atoms with Crippen molar-refractivity contribution in [3.8, 4) is 0 Å². The third-order valence-corrected chi connectivity index (χ3v) is 4.38. The van der Waals surface area contributed by atoms with E-state index in [1.165, 1.54) is 11.1 Å². The highest BCUT2D eigenvalue weighted by Crippen LogP contribution is 2.43. The van der Waals surface area contributed by atoms with Gasteiger partial charge in [-0.05, 0) is 41.5 Å².